The zero-order chi connectivity index (χ0) is 19.1. The van der Waals surface area contributed by atoms with Gasteiger partial charge in [0.2, 0.25) is 0 Å². The van der Waals surface area contributed by atoms with Crippen molar-refractivity contribution in [3.05, 3.63) is 40.4 Å². The molecule has 2 aromatic rings. The van der Waals surface area contributed by atoms with Gasteiger partial charge < -0.3 is 23.8 Å². The van der Waals surface area contributed by atoms with Crippen molar-refractivity contribution in [2.45, 2.75) is 4.90 Å². The number of rotatable bonds is 9. The average molecular weight is 417 g/mol. The van der Waals surface area contributed by atoms with Crippen molar-refractivity contribution in [3.8, 4) is 17.2 Å². The topological polar surface area (TPSA) is 43.0 Å². The number of methoxy groups -OCH3 is 2. The Labute approximate surface area is 168 Å². The molecule has 0 spiro atoms. The third-order valence-electron chi connectivity index (χ3n) is 3.44. The Morgan fingerprint density at radius 1 is 0.962 bits per heavy atom. The smallest absolute Gasteiger partial charge is 0.162 e. The van der Waals surface area contributed by atoms with Gasteiger partial charge in [0.15, 0.2) is 11.5 Å². The minimum Gasteiger partial charge on any atom is -0.493 e. The second-order valence-corrected chi connectivity index (χ2v) is 7.30. The van der Waals surface area contributed by atoms with Gasteiger partial charge in [-0.2, -0.15) is 0 Å². The lowest BCUT2D eigenvalue weighted by Gasteiger charge is -2.14. The minimum absolute atomic E-state index is 0.560. The maximum Gasteiger partial charge on any atom is 0.162 e. The molecule has 142 valence electrons. The van der Waals surface area contributed by atoms with Gasteiger partial charge in [0.05, 0.1) is 29.2 Å². The Morgan fingerprint density at radius 2 is 1.65 bits per heavy atom. The summed E-state index contributed by atoms with van der Waals surface area (Å²) in [4.78, 5) is 2.86. The van der Waals surface area contributed by atoms with Crippen molar-refractivity contribution >= 4 is 40.8 Å². The molecular weight excluding hydrogens is 395 g/mol. The van der Waals surface area contributed by atoms with E-state index < -0.39 is 0 Å². The number of hydrogen-bond acceptors (Lipinski definition) is 6. The zero-order valence-corrected chi connectivity index (χ0v) is 17.5. The van der Waals surface area contributed by atoms with Crippen LogP contribution in [-0.2, 0) is 0 Å². The highest BCUT2D eigenvalue weighted by Gasteiger charge is 2.11. The molecule has 0 aliphatic carbocycles. The van der Waals surface area contributed by atoms with Gasteiger partial charge in [-0.3, -0.25) is 0 Å². The van der Waals surface area contributed by atoms with E-state index in [1.165, 1.54) is 11.9 Å². The molecule has 0 aromatic heterocycles. The number of ether oxygens (including phenoxy) is 3. The van der Waals surface area contributed by atoms with Crippen molar-refractivity contribution in [2.75, 3.05) is 46.2 Å². The predicted octanol–water partition coefficient (Wildman–Crippen LogP) is 5.07. The van der Waals surface area contributed by atoms with Gasteiger partial charge in [0.1, 0.15) is 12.4 Å². The molecule has 0 saturated heterocycles. The molecule has 0 atom stereocenters. The third-order valence-corrected chi connectivity index (χ3v) is 5.08. The lowest BCUT2D eigenvalue weighted by molar-refractivity contribution is 0.261. The fourth-order valence-electron chi connectivity index (χ4n) is 2.04. The zero-order valence-electron chi connectivity index (χ0n) is 15.1. The molecule has 0 aliphatic rings. The third kappa shape index (κ3) is 5.77. The van der Waals surface area contributed by atoms with Crippen LogP contribution in [0, 0.1) is 0 Å². The van der Waals surface area contributed by atoms with Gasteiger partial charge in [0, 0.05) is 30.4 Å². The first-order chi connectivity index (χ1) is 12.4. The highest BCUT2D eigenvalue weighted by Crippen LogP contribution is 2.38. The molecule has 26 heavy (non-hydrogen) atoms. The van der Waals surface area contributed by atoms with E-state index >= 15 is 0 Å². The highest BCUT2D eigenvalue weighted by atomic mass is 35.5. The van der Waals surface area contributed by atoms with E-state index in [1.54, 1.807) is 26.4 Å². The molecule has 0 fully saturated rings. The first-order valence-corrected chi connectivity index (χ1v) is 9.43. The molecule has 0 aliphatic heterocycles. The van der Waals surface area contributed by atoms with Crippen LogP contribution in [0.15, 0.2) is 35.2 Å². The lowest BCUT2D eigenvalue weighted by Crippen LogP contribution is -2.19. The molecule has 2 aromatic carbocycles. The van der Waals surface area contributed by atoms with Gasteiger partial charge in [-0.25, -0.2) is 0 Å². The van der Waals surface area contributed by atoms with Crippen molar-refractivity contribution in [2.24, 2.45) is 0 Å². The summed E-state index contributed by atoms with van der Waals surface area (Å²) in [6.45, 7) is 1.37. The van der Waals surface area contributed by atoms with E-state index in [2.05, 4.69) is 4.72 Å². The molecule has 0 heterocycles. The molecule has 0 saturated carbocycles. The number of benzene rings is 2. The highest BCUT2D eigenvalue weighted by molar-refractivity contribution is 8.00. The Morgan fingerprint density at radius 3 is 2.31 bits per heavy atom. The van der Waals surface area contributed by atoms with Crippen LogP contribution in [0.25, 0.3) is 0 Å². The van der Waals surface area contributed by atoms with Crippen LogP contribution < -0.4 is 18.9 Å². The maximum absolute atomic E-state index is 6.31. The second kappa shape index (κ2) is 10.0. The van der Waals surface area contributed by atoms with Crippen LogP contribution in [0.3, 0.4) is 0 Å². The van der Waals surface area contributed by atoms with Crippen molar-refractivity contribution in [1.29, 1.82) is 0 Å². The fourth-order valence-corrected chi connectivity index (χ4v) is 3.16. The summed E-state index contributed by atoms with van der Waals surface area (Å²) in [7, 11) is 7.15. The molecule has 2 rings (SSSR count). The minimum atomic E-state index is 0.560. The molecule has 0 bridgehead atoms. The molecule has 5 nitrogen and oxygen atoms in total. The second-order valence-electron chi connectivity index (χ2n) is 5.64. The number of nitrogens with one attached hydrogen (secondary N) is 1. The van der Waals surface area contributed by atoms with Gasteiger partial charge >= 0.3 is 0 Å². The standard InChI is InChI=1S/C18H22Cl2N2O3S/c1-22(2)7-8-25-15-9-12(5-6-13(15)19)21-26-18-11-17(24-4)16(23-3)10-14(18)20/h5-6,9-11,21H,7-8H2,1-4H3. The number of halogens is 2. The largest absolute Gasteiger partial charge is 0.493 e. The Bertz CT molecular complexity index is 745. The predicted molar refractivity (Wildman–Crippen MR) is 110 cm³/mol. The van der Waals surface area contributed by atoms with Crippen LogP contribution >= 0.6 is 35.1 Å². The van der Waals surface area contributed by atoms with E-state index in [0.717, 1.165) is 17.1 Å². The lowest BCUT2D eigenvalue weighted by atomic mass is 10.3. The van der Waals surface area contributed by atoms with Gasteiger partial charge in [0.25, 0.3) is 0 Å². The summed E-state index contributed by atoms with van der Waals surface area (Å²) < 4.78 is 19.5. The van der Waals surface area contributed by atoms with Crippen molar-refractivity contribution in [1.82, 2.24) is 4.90 Å². The molecule has 0 radical (unpaired) electrons. The maximum atomic E-state index is 6.31. The summed E-state index contributed by atoms with van der Waals surface area (Å²) >= 11 is 13.9. The van der Waals surface area contributed by atoms with Crippen LogP contribution in [0.2, 0.25) is 10.0 Å². The monoisotopic (exact) mass is 416 g/mol. The molecule has 0 amide bonds. The summed E-state index contributed by atoms with van der Waals surface area (Å²) in [6.07, 6.45) is 0. The van der Waals surface area contributed by atoms with Crippen LogP contribution in [0.4, 0.5) is 5.69 Å². The SMILES string of the molecule is COc1cc(Cl)c(SNc2ccc(Cl)c(OCCN(C)C)c2)cc1OC. The van der Waals surface area contributed by atoms with Crippen LogP contribution in [-0.4, -0.2) is 46.4 Å². The van der Waals surface area contributed by atoms with Gasteiger partial charge in [-0.1, -0.05) is 23.2 Å². The quantitative estimate of drug-likeness (QED) is 0.575. The Hall–Kier alpha value is -1.47. The van der Waals surface area contributed by atoms with Gasteiger partial charge in [-0.15, -0.1) is 0 Å². The van der Waals surface area contributed by atoms with Gasteiger partial charge in [-0.05, 0) is 38.2 Å². The van der Waals surface area contributed by atoms with E-state index in [4.69, 9.17) is 37.4 Å². The van der Waals surface area contributed by atoms with Crippen LogP contribution in [0.1, 0.15) is 0 Å². The summed E-state index contributed by atoms with van der Waals surface area (Å²) in [6, 6.07) is 9.08. The Balaban J connectivity index is 2.07. The normalized spacial score (nSPS) is 10.7. The number of hydrogen-bond donors (Lipinski definition) is 1. The van der Waals surface area contributed by atoms with Crippen molar-refractivity contribution in [3.63, 3.8) is 0 Å². The Kier molecular flexibility index (Phi) is 8.03. The summed E-state index contributed by atoms with van der Waals surface area (Å²) in [5.41, 5.74) is 0.852. The van der Waals surface area contributed by atoms with E-state index in [9.17, 15) is 0 Å². The summed E-state index contributed by atoms with van der Waals surface area (Å²) in [5, 5.41) is 1.14. The fraction of sp³-hybridized carbons (Fsp3) is 0.333. The average Bonchev–Trinajstić information content (AvgIpc) is 2.62. The molecular formula is C18H22Cl2N2O3S. The summed E-state index contributed by atoms with van der Waals surface area (Å²) in [5.74, 6) is 1.84. The van der Waals surface area contributed by atoms with E-state index in [0.29, 0.717) is 33.9 Å². The first-order valence-electron chi connectivity index (χ1n) is 7.86. The first kappa shape index (κ1) is 20.8. The van der Waals surface area contributed by atoms with Crippen LogP contribution in [0.5, 0.6) is 17.2 Å². The number of likely N-dealkylation sites (N-methyl/N-ethyl adjacent to an activating group) is 1. The number of anilines is 1. The molecule has 1 N–H and O–H groups in total. The molecule has 0 unspecified atom stereocenters. The molecule has 8 heteroatoms. The van der Waals surface area contributed by atoms with E-state index in [-0.39, 0.29) is 0 Å². The number of nitrogens with zero attached hydrogens (tertiary/aromatic N) is 1. The van der Waals surface area contributed by atoms with Crippen molar-refractivity contribution < 1.29 is 14.2 Å². The van der Waals surface area contributed by atoms with E-state index in [1.807, 2.05) is 37.2 Å².